The zero-order chi connectivity index (χ0) is 15.6. The predicted octanol–water partition coefficient (Wildman–Crippen LogP) is 3.93. The first kappa shape index (κ1) is 15.3. The summed E-state index contributed by atoms with van der Waals surface area (Å²) in [4.78, 5) is 0. The Hall–Kier alpha value is -1.64. The summed E-state index contributed by atoms with van der Waals surface area (Å²) >= 11 is 0. The van der Waals surface area contributed by atoms with Crippen molar-refractivity contribution in [3.63, 3.8) is 0 Å². The third-order valence-corrected chi connectivity index (χ3v) is 5.02. The second-order valence-corrected chi connectivity index (χ2v) is 6.53. The zero-order valence-electron chi connectivity index (χ0n) is 13.1. The minimum atomic E-state index is -1.36. The maximum atomic E-state index is 11.7. The predicted molar refractivity (Wildman–Crippen MR) is 88.7 cm³/mol. The normalized spacial score (nSPS) is 20.3. The van der Waals surface area contributed by atoms with Crippen LogP contribution in [0.5, 0.6) is 0 Å². The van der Waals surface area contributed by atoms with Crippen LogP contribution in [0, 0.1) is 6.92 Å². The Bertz CT molecular complexity index is 612. The molecule has 2 N–H and O–H groups in total. The summed E-state index contributed by atoms with van der Waals surface area (Å²) in [5.74, 6) is 0. The van der Waals surface area contributed by atoms with Gasteiger partial charge in [-0.2, -0.15) is 0 Å². The Labute approximate surface area is 132 Å². The molecule has 0 heterocycles. The molecule has 2 nitrogen and oxygen atoms in total. The lowest BCUT2D eigenvalue weighted by molar-refractivity contribution is -0.151. The second-order valence-electron chi connectivity index (χ2n) is 6.53. The molecule has 1 unspecified atom stereocenters. The van der Waals surface area contributed by atoms with E-state index in [1.165, 1.54) is 0 Å². The van der Waals surface area contributed by atoms with Crippen molar-refractivity contribution < 1.29 is 10.2 Å². The molecule has 2 heteroatoms. The first-order valence-electron chi connectivity index (χ1n) is 8.14. The van der Waals surface area contributed by atoms with Gasteiger partial charge >= 0.3 is 0 Å². The quantitative estimate of drug-likeness (QED) is 0.901. The van der Waals surface area contributed by atoms with Gasteiger partial charge < -0.3 is 10.2 Å². The molecule has 0 spiro atoms. The first-order valence-corrected chi connectivity index (χ1v) is 8.14. The minimum Gasteiger partial charge on any atom is -0.386 e. The maximum absolute atomic E-state index is 11.7. The van der Waals surface area contributed by atoms with Crippen LogP contribution in [0.3, 0.4) is 0 Å². The van der Waals surface area contributed by atoms with Crippen LogP contribution in [0.2, 0.25) is 0 Å². The lowest BCUT2D eigenvalue weighted by Gasteiger charge is -2.46. The summed E-state index contributed by atoms with van der Waals surface area (Å²) in [6.45, 7) is 2.03. The molecule has 0 bridgehead atoms. The molecule has 2 aromatic rings. The molecule has 0 aliphatic heterocycles. The highest BCUT2D eigenvalue weighted by Crippen LogP contribution is 2.47. The molecule has 3 rings (SSSR count). The van der Waals surface area contributed by atoms with Gasteiger partial charge in [-0.25, -0.2) is 0 Å². The van der Waals surface area contributed by atoms with Gasteiger partial charge in [-0.05, 0) is 30.9 Å². The fraction of sp³-hybridized carbons (Fsp3) is 0.400. The van der Waals surface area contributed by atoms with E-state index in [0.29, 0.717) is 12.8 Å². The van der Waals surface area contributed by atoms with Crippen molar-refractivity contribution in [3.8, 4) is 0 Å². The summed E-state index contributed by atoms with van der Waals surface area (Å²) in [5, 5.41) is 23.0. The van der Waals surface area contributed by atoms with Gasteiger partial charge in [0.1, 0.15) is 11.2 Å². The smallest absolute Gasteiger partial charge is 0.143 e. The van der Waals surface area contributed by atoms with Gasteiger partial charge in [0, 0.05) is 0 Å². The molecule has 2 aromatic carbocycles. The summed E-state index contributed by atoms with van der Waals surface area (Å²) in [5.41, 5.74) is 0.219. The van der Waals surface area contributed by atoms with Crippen LogP contribution in [0.1, 0.15) is 48.8 Å². The van der Waals surface area contributed by atoms with Crippen LogP contribution in [-0.2, 0) is 5.60 Å². The summed E-state index contributed by atoms with van der Waals surface area (Å²) in [6, 6.07) is 17.5. The molecule has 1 atom stereocenters. The number of hydrogen-bond donors (Lipinski definition) is 2. The lowest BCUT2D eigenvalue weighted by Crippen LogP contribution is -2.53. The SMILES string of the molecule is Cc1ccc(C(O)(c2ccccc2)C2(O)CCCCC2)cc1. The van der Waals surface area contributed by atoms with Crippen LogP contribution < -0.4 is 0 Å². The highest BCUT2D eigenvalue weighted by molar-refractivity contribution is 5.41. The molecular weight excluding hydrogens is 272 g/mol. The van der Waals surface area contributed by atoms with Gasteiger partial charge in [-0.3, -0.25) is 0 Å². The highest BCUT2D eigenvalue weighted by Gasteiger charge is 2.51. The van der Waals surface area contributed by atoms with E-state index in [4.69, 9.17) is 0 Å². The van der Waals surface area contributed by atoms with Gasteiger partial charge in [-0.15, -0.1) is 0 Å². The molecule has 0 aromatic heterocycles. The molecule has 0 saturated heterocycles. The molecule has 1 fully saturated rings. The van der Waals surface area contributed by atoms with E-state index in [2.05, 4.69) is 0 Å². The fourth-order valence-electron chi connectivity index (χ4n) is 3.68. The molecule has 1 aliphatic carbocycles. The van der Waals surface area contributed by atoms with Crippen molar-refractivity contribution in [2.24, 2.45) is 0 Å². The molecule has 1 aliphatic rings. The van der Waals surface area contributed by atoms with Crippen LogP contribution >= 0.6 is 0 Å². The Kier molecular flexibility index (Phi) is 4.07. The summed E-state index contributed by atoms with van der Waals surface area (Å²) in [7, 11) is 0. The monoisotopic (exact) mass is 296 g/mol. The second kappa shape index (κ2) is 5.86. The number of rotatable bonds is 3. The summed E-state index contributed by atoms with van der Waals surface area (Å²) < 4.78 is 0. The largest absolute Gasteiger partial charge is 0.386 e. The van der Waals surface area contributed by atoms with Gasteiger partial charge in [-0.1, -0.05) is 79.4 Å². The van der Waals surface area contributed by atoms with Crippen molar-refractivity contribution in [1.29, 1.82) is 0 Å². The standard InChI is InChI=1S/C20H24O2/c1-16-10-12-18(13-11-16)20(22,17-8-4-2-5-9-17)19(21)14-6-3-7-15-19/h2,4-5,8-13,21-22H,3,6-7,14-15H2,1H3. The number of aliphatic hydroxyl groups is 2. The van der Waals surface area contributed by atoms with Crippen molar-refractivity contribution in [2.75, 3.05) is 0 Å². The minimum absolute atomic E-state index is 0.631. The van der Waals surface area contributed by atoms with Gasteiger partial charge in [0.15, 0.2) is 0 Å². The fourth-order valence-corrected chi connectivity index (χ4v) is 3.68. The van der Waals surface area contributed by atoms with Crippen molar-refractivity contribution in [2.45, 2.75) is 50.2 Å². The van der Waals surface area contributed by atoms with E-state index in [0.717, 1.165) is 36.0 Å². The van der Waals surface area contributed by atoms with E-state index < -0.39 is 11.2 Å². The van der Waals surface area contributed by atoms with Crippen LogP contribution in [0.15, 0.2) is 54.6 Å². The van der Waals surface area contributed by atoms with Gasteiger partial charge in [0.2, 0.25) is 0 Å². The Morgan fingerprint density at radius 2 is 1.36 bits per heavy atom. The van der Waals surface area contributed by atoms with Gasteiger partial charge in [0.25, 0.3) is 0 Å². The zero-order valence-corrected chi connectivity index (χ0v) is 13.1. The van der Waals surface area contributed by atoms with Crippen molar-refractivity contribution in [3.05, 3.63) is 71.3 Å². The Morgan fingerprint density at radius 1 is 0.818 bits per heavy atom. The third kappa shape index (κ3) is 2.47. The Balaban J connectivity index is 2.15. The highest BCUT2D eigenvalue weighted by atomic mass is 16.4. The average molecular weight is 296 g/mol. The maximum Gasteiger partial charge on any atom is 0.143 e. The third-order valence-electron chi connectivity index (χ3n) is 5.02. The lowest BCUT2D eigenvalue weighted by atomic mass is 9.66. The van der Waals surface area contributed by atoms with E-state index >= 15 is 0 Å². The van der Waals surface area contributed by atoms with Crippen LogP contribution in [0.4, 0.5) is 0 Å². The molecule has 0 amide bonds. The molecule has 1 saturated carbocycles. The first-order chi connectivity index (χ1) is 10.6. The molecular formula is C20H24O2. The Morgan fingerprint density at radius 3 is 1.95 bits per heavy atom. The van der Waals surface area contributed by atoms with E-state index in [-0.39, 0.29) is 0 Å². The van der Waals surface area contributed by atoms with Gasteiger partial charge in [0.05, 0.1) is 0 Å². The van der Waals surface area contributed by atoms with E-state index in [1.807, 2.05) is 61.5 Å². The van der Waals surface area contributed by atoms with Crippen LogP contribution in [-0.4, -0.2) is 15.8 Å². The average Bonchev–Trinajstić information content (AvgIpc) is 2.56. The van der Waals surface area contributed by atoms with Crippen molar-refractivity contribution in [1.82, 2.24) is 0 Å². The molecule has 116 valence electrons. The number of aryl methyl sites for hydroxylation is 1. The number of benzene rings is 2. The van der Waals surface area contributed by atoms with Crippen molar-refractivity contribution >= 4 is 0 Å². The molecule has 22 heavy (non-hydrogen) atoms. The molecule has 0 radical (unpaired) electrons. The van der Waals surface area contributed by atoms with E-state index in [1.54, 1.807) is 0 Å². The van der Waals surface area contributed by atoms with Crippen LogP contribution in [0.25, 0.3) is 0 Å². The topological polar surface area (TPSA) is 40.5 Å². The summed E-state index contributed by atoms with van der Waals surface area (Å²) in [6.07, 6.45) is 4.30. The van der Waals surface area contributed by atoms with E-state index in [9.17, 15) is 10.2 Å². The number of hydrogen-bond acceptors (Lipinski definition) is 2.